The number of piperidine rings is 1. The minimum Gasteiger partial charge on any atom is -0.356 e. The Morgan fingerprint density at radius 2 is 2.04 bits per heavy atom. The van der Waals surface area contributed by atoms with Gasteiger partial charge in [-0.05, 0) is 43.4 Å². The Balaban J connectivity index is 1.73. The molecule has 1 saturated heterocycles. The summed E-state index contributed by atoms with van der Waals surface area (Å²) in [5.74, 6) is -0.614. The van der Waals surface area contributed by atoms with Crippen molar-refractivity contribution in [2.24, 2.45) is 5.92 Å². The first kappa shape index (κ1) is 17.9. The van der Waals surface area contributed by atoms with Crippen LogP contribution in [0, 0.1) is 11.7 Å². The number of benzene rings is 1. The SMILES string of the molecule is CS(=O)(=O)N1CCC[C@@H](C(=O)NCCCc2ccc(F)cc2)C1. The van der Waals surface area contributed by atoms with Gasteiger partial charge in [0.15, 0.2) is 0 Å². The van der Waals surface area contributed by atoms with Crippen molar-refractivity contribution in [2.45, 2.75) is 25.7 Å². The molecule has 0 saturated carbocycles. The van der Waals surface area contributed by atoms with E-state index in [1.54, 1.807) is 12.1 Å². The second-order valence-corrected chi connectivity index (χ2v) is 7.96. The van der Waals surface area contributed by atoms with Crippen LogP contribution in [0.4, 0.5) is 4.39 Å². The number of rotatable bonds is 6. The van der Waals surface area contributed by atoms with E-state index in [1.165, 1.54) is 22.7 Å². The molecule has 1 aliphatic heterocycles. The molecule has 1 N–H and O–H groups in total. The third-order valence-corrected chi connectivity index (χ3v) is 5.35. The van der Waals surface area contributed by atoms with Crippen LogP contribution in [0.15, 0.2) is 24.3 Å². The van der Waals surface area contributed by atoms with Gasteiger partial charge in [-0.25, -0.2) is 17.1 Å². The first-order chi connectivity index (χ1) is 10.9. The summed E-state index contributed by atoms with van der Waals surface area (Å²) >= 11 is 0. The number of amides is 1. The lowest BCUT2D eigenvalue weighted by Crippen LogP contribution is -2.45. The summed E-state index contributed by atoms with van der Waals surface area (Å²) in [7, 11) is -3.23. The van der Waals surface area contributed by atoms with Gasteiger partial charge < -0.3 is 5.32 Å². The Labute approximate surface area is 136 Å². The minimum atomic E-state index is -3.23. The van der Waals surface area contributed by atoms with Crippen LogP contribution in [0.1, 0.15) is 24.8 Å². The molecule has 23 heavy (non-hydrogen) atoms. The third kappa shape index (κ3) is 5.58. The molecule has 1 aromatic rings. The molecule has 1 aliphatic rings. The highest BCUT2D eigenvalue weighted by Crippen LogP contribution is 2.18. The standard InChI is InChI=1S/C16H23FN2O3S/c1-23(21,22)19-11-3-5-14(12-19)16(20)18-10-2-4-13-6-8-15(17)9-7-13/h6-9,14H,2-5,10-12H2,1H3,(H,18,20)/t14-/m1/s1. The largest absolute Gasteiger partial charge is 0.356 e. The summed E-state index contributed by atoms with van der Waals surface area (Å²) in [5, 5.41) is 2.87. The number of nitrogens with zero attached hydrogens (tertiary/aromatic N) is 1. The zero-order valence-electron chi connectivity index (χ0n) is 13.3. The Kier molecular flexibility index (Phi) is 6.12. The average Bonchev–Trinajstić information content (AvgIpc) is 2.52. The van der Waals surface area contributed by atoms with Crippen LogP contribution in [0.3, 0.4) is 0 Å². The Morgan fingerprint density at radius 1 is 1.35 bits per heavy atom. The van der Waals surface area contributed by atoms with Crippen molar-refractivity contribution in [3.8, 4) is 0 Å². The number of halogens is 1. The maximum Gasteiger partial charge on any atom is 0.224 e. The molecule has 7 heteroatoms. The maximum atomic E-state index is 12.8. The summed E-state index contributed by atoms with van der Waals surface area (Å²) in [6.45, 7) is 1.29. The van der Waals surface area contributed by atoms with E-state index in [0.29, 0.717) is 19.5 Å². The lowest BCUT2D eigenvalue weighted by Gasteiger charge is -2.30. The van der Waals surface area contributed by atoms with Gasteiger partial charge in [-0.15, -0.1) is 0 Å². The van der Waals surface area contributed by atoms with Crippen LogP contribution in [0.2, 0.25) is 0 Å². The molecular weight excluding hydrogens is 319 g/mol. The predicted molar refractivity (Wildman–Crippen MR) is 86.9 cm³/mol. The number of aryl methyl sites for hydroxylation is 1. The van der Waals surface area contributed by atoms with Crippen molar-refractivity contribution in [1.29, 1.82) is 0 Å². The molecule has 5 nitrogen and oxygen atoms in total. The Hall–Kier alpha value is -1.47. The summed E-state index contributed by atoms with van der Waals surface area (Å²) in [4.78, 5) is 12.1. The summed E-state index contributed by atoms with van der Waals surface area (Å²) in [6, 6.07) is 6.33. The van der Waals surface area contributed by atoms with Gasteiger partial charge in [0, 0.05) is 19.6 Å². The van der Waals surface area contributed by atoms with E-state index in [-0.39, 0.29) is 24.2 Å². The fourth-order valence-electron chi connectivity index (χ4n) is 2.76. The maximum absolute atomic E-state index is 12.8. The van der Waals surface area contributed by atoms with E-state index in [1.807, 2.05) is 0 Å². The smallest absolute Gasteiger partial charge is 0.224 e. The van der Waals surface area contributed by atoms with Gasteiger partial charge in [-0.2, -0.15) is 0 Å². The number of nitrogens with one attached hydrogen (secondary N) is 1. The van der Waals surface area contributed by atoms with Gasteiger partial charge in [-0.3, -0.25) is 4.79 Å². The zero-order chi connectivity index (χ0) is 16.9. The van der Waals surface area contributed by atoms with Crippen molar-refractivity contribution < 1.29 is 17.6 Å². The van der Waals surface area contributed by atoms with Crippen LogP contribution < -0.4 is 5.32 Å². The second kappa shape index (κ2) is 7.88. The van der Waals surface area contributed by atoms with Crippen molar-refractivity contribution >= 4 is 15.9 Å². The highest BCUT2D eigenvalue weighted by Gasteiger charge is 2.29. The van der Waals surface area contributed by atoms with E-state index in [2.05, 4.69) is 5.32 Å². The normalized spacial score (nSPS) is 19.5. The van der Waals surface area contributed by atoms with E-state index in [0.717, 1.165) is 24.8 Å². The van der Waals surface area contributed by atoms with Crippen molar-refractivity contribution in [1.82, 2.24) is 9.62 Å². The number of carbonyl (C=O) groups excluding carboxylic acids is 1. The Morgan fingerprint density at radius 3 is 2.70 bits per heavy atom. The summed E-state index contributed by atoms with van der Waals surface area (Å²) < 4.78 is 37.3. The molecule has 1 aromatic carbocycles. The number of hydrogen-bond acceptors (Lipinski definition) is 3. The molecule has 0 aliphatic carbocycles. The van der Waals surface area contributed by atoms with Gasteiger partial charge in [0.1, 0.15) is 5.82 Å². The fraction of sp³-hybridized carbons (Fsp3) is 0.562. The van der Waals surface area contributed by atoms with E-state index in [4.69, 9.17) is 0 Å². The molecule has 0 spiro atoms. The van der Waals surface area contributed by atoms with Gasteiger partial charge in [0.2, 0.25) is 15.9 Å². The van der Waals surface area contributed by atoms with Crippen LogP contribution in [0.25, 0.3) is 0 Å². The van der Waals surface area contributed by atoms with Crippen molar-refractivity contribution in [3.63, 3.8) is 0 Å². The molecule has 1 atom stereocenters. The molecule has 1 fully saturated rings. The average molecular weight is 342 g/mol. The van der Waals surface area contributed by atoms with Gasteiger partial charge >= 0.3 is 0 Å². The summed E-state index contributed by atoms with van der Waals surface area (Å²) in [5.41, 5.74) is 1.03. The van der Waals surface area contributed by atoms with Crippen LogP contribution in [0.5, 0.6) is 0 Å². The molecule has 128 valence electrons. The van der Waals surface area contributed by atoms with Crippen LogP contribution in [-0.4, -0.2) is 44.5 Å². The quantitative estimate of drug-likeness (QED) is 0.798. The highest BCUT2D eigenvalue weighted by molar-refractivity contribution is 7.88. The lowest BCUT2D eigenvalue weighted by molar-refractivity contribution is -0.126. The molecule has 0 radical (unpaired) electrons. The summed E-state index contributed by atoms with van der Waals surface area (Å²) in [6.07, 6.45) is 4.13. The first-order valence-corrected chi connectivity index (χ1v) is 9.68. The molecule has 0 bridgehead atoms. The number of carbonyl (C=O) groups is 1. The van der Waals surface area contributed by atoms with Crippen molar-refractivity contribution in [2.75, 3.05) is 25.9 Å². The Bertz CT molecular complexity index is 631. The fourth-order valence-corrected chi connectivity index (χ4v) is 3.67. The van der Waals surface area contributed by atoms with E-state index in [9.17, 15) is 17.6 Å². The molecule has 1 heterocycles. The minimum absolute atomic E-state index is 0.0857. The molecule has 1 amide bonds. The second-order valence-electron chi connectivity index (χ2n) is 5.98. The van der Waals surface area contributed by atoms with Crippen LogP contribution in [-0.2, 0) is 21.2 Å². The van der Waals surface area contributed by atoms with Crippen molar-refractivity contribution in [3.05, 3.63) is 35.6 Å². The number of sulfonamides is 1. The first-order valence-electron chi connectivity index (χ1n) is 7.83. The molecule has 0 unspecified atom stereocenters. The van der Waals surface area contributed by atoms with Gasteiger partial charge in [0.25, 0.3) is 0 Å². The molecule has 2 rings (SSSR count). The number of hydrogen-bond donors (Lipinski definition) is 1. The highest BCUT2D eigenvalue weighted by atomic mass is 32.2. The molecular formula is C16H23FN2O3S. The van der Waals surface area contributed by atoms with Gasteiger partial charge in [0.05, 0.1) is 12.2 Å². The van der Waals surface area contributed by atoms with E-state index >= 15 is 0 Å². The zero-order valence-corrected chi connectivity index (χ0v) is 14.1. The van der Waals surface area contributed by atoms with Gasteiger partial charge in [-0.1, -0.05) is 12.1 Å². The topological polar surface area (TPSA) is 66.5 Å². The van der Waals surface area contributed by atoms with E-state index < -0.39 is 10.0 Å². The monoisotopic (exact) mass is 342 g/mol. The lowest BCUT2D eigenvalue weighted by atomic mass is 9.99. The third-order valence-electron chi connectivity index (χ3n) is 4.08. The molecule has 0 aromatic heterocycles. The van der Waals surface area contributed by atoms with Crippen LogP contribution >= 0.6 is 0 Å². The predicted octanol–water partition coefficient (Wildman–Crippen LogP) is 1.55.